The maximum atomic E-state index is 11.1. The molecule has 1 heterocycles. The number of furan rings is 1. The van der Waals surface area contributed by atoms with Crippen molar-refractivity contribution in [1.29, 1.82) is 0 Å². The number of nitrogens with zero attached hydrogens (tertiary/aromatic N) is 1. The number of carbonyl (C=O) groups is 1. The molecule has 0 saturated heterocycles. The molecule has 0 aliphatic heterocycles. The third-order valence-electron chi connectivity index (χ3n) is 3.65. The minimum Gasteiger partial charge on any atom is -0.466 e. The first-order valence-electron chi connectivity index (χ1n) is 8.09. The van der Waals surface area contributed by atoms with Gasteiger partial charge in [-0.25, -0.2) is 4.99 Å². The lowest BCUT2D eigenvalue weighted by atomic mass is 10.0. The SMILES string of the molecule is CCNC(=NCc1ccc(C(N)=O)cc1)NCC(C)(O)c1ccco1.I. The fourth-order valence-electron chi connectivity index (χ4n) is 2.21. The number of nitrogens with one attached hydrogen (secondary N) is 2. The van der Waals surface area contributed by atoms with Gasteiger partial charge in [0.1, 0.15) is 11.4 Å². The van der Waals surface area contributed by atoms with E-state index in [2.05, 4.69) is 15.6 Å². The molecule has 1 aromatic carbocycles. The van der Waals surface area contributed by atoms with Crippen LogP contribution in [0.4, 0.5) is 0 Å². The van der Waals surface area contributed by atoms with Crippen LogP contribution in [0.2, 0.25) is 0 Å². The average Bonchev–Trinajstić information content (AvgIpc) is 3.13. The second-order valence-electron chi connectivity index (χ2n) is 5.86. The minimum absolute atomic E-state index is 0. The van der Waals surface area contributed by atoms with Crippen LogP contribution >= 0.6 is 24.0 Å². The lowest BCUT2D eigenvalue weighted by Crippen LogP contribution is -2.44. The lowest BCUT2D eigenvalue weighted by molar-refractivity contribution is 0.0386. The van der Waals surface area contributed by atoms with Crippen LogP contribution in [0.5, 0.6) is 0 Å². The Bertz CT molecular complexity index is 713. The van der Waals surface area contributed by atoms with Crippen LogP contribution in [0.25, 0.3) is 0 Å². The fraction of sp³-hybridized carbons (Fsp3) is 0.333. The van der Waals surface area contributed by atoms with Gasteiger partial charge in [-0.1, -0.05) is 12.1 Å². The van der Waals surface area contributed by atoms with E-state index in [0.29, 0.717) is 30.4 Å². The summed E-state index contributed by atoms with van der Waals surface area (Å²) in [5.74, 6) is 0.608. The van der Waals surface area contributed by atoms with Crippen molar-refractivity contribution < 1.29 is 14.3 Å². The van der Waals surface area contributed by atoms with Gasteiger partial charge in [0.05, 0.1) is 19.4 Å². The summed E-state index contributed by atoms with van der Waals surface area (Å²) < 4.78 is 5.26. The number of primary amides is 1. The summed E-state index contributed by atoms with van der Waals surface area (Å²) in [7, 11) is 0. The Morgan fingerprint density at radius 1 is 1.27 bits per heavy atom. The molecule has 1 amide bonds. The minimum atomic E-state index is -1.15. The van der Waals surface area contributed by atoms with Gasteiger partial charge in [-0.05, 0) is 43.7 Å². The molecular formula is C18H25IN4O3. The second-order valence-corrected chi connectivity index (χ2v) is 5.86. The molecule has 1 aromatic heterocycles. The summed E-state index contributed by atoms with van der Waals surface area (Å²) in [5.41, 5.74) is 5.49. The summed E-state index contributed by atoms with van der Waals surface area (Å²) in [6.07, 6.45) is 1.53. The third kappa shape index (κ3) is 6.34. The average molecular weight is 472 g/mol. The van der Waals surface area contributed by atoms with Crippen molar-refractivity contribution in [2.75, 3.05) is 13.1 Å². The molecule has 0 radical (unpaired) electrons. The Kier molecular flexibility index (Phi) is 8.59. The van der Waals surface area contributed by atoms with E-state index in [1.165, 1.54) is 6.26 Å². The summed E-state index contributed by atoms with van der Waals surface area (Å²) in [6, 6.07) is 10.4. The van der Waals surface area contributed by atoms with Crippen LogP contribution in [-0.2, 0) is 12.1 Å². The van der Waals surface area contributed by atoms with Crippen LogP contribution in [0.15, 0.2) is 52.1 Å². The number of nitrogens with two attached hydrogens (primary N) is 1. The van der Waals surface area contributed by atoms with E-state index in [-0.39, 0.29) is 30.5 Å². The Morgan fingerprint density at radius 3 is 2.50 bits per heavy atom. The number of amides is 1. The van der Waals surface area contributed by atoms with Crippen LogP contribution < -0.4 is 16.4 Å². The number of hydrogen-bond donors (Lipinski definition) is 4. The maximum absolute atomic E-state index is 11.1. The molecule has 1 unspecified atom stereocenters. The molecule has 1 atom stereocenters. The van der Waals surface area contributed by atoms with Gasteiger partial charge in [-0.2, -0.15) is 0 Å². The molecule has 0 saturated carbocycles. The highest BCUT2D eigenvalue weighted by Gasteiger charge is 2.26. The maximum Gasteiger partial charge on any atom is 0.248 e. The van der Waals surface area contributed by atoms with Crippen LogP contribution in [-0.4, -0.2) is 30.1 Å². The van der Waals surface area contributed by atoms with E-state index in [0.717, 1.165) is 5.56 Å². The molecule has 5 N–H and O–H groups in total. The second kappa shape index (κ2) is 10.2. The van der Waals surface area contributed by atoms with E-state index in [9.17, 15) is 9.90 Å². The first-order valence-corrected chi connectivity index (χ1v) is 8.09. The van der Waals surface area contributed by atoms with Gasteiger partial charge >= 0.3 is 0 Å². The van der Waals surface area contributed by atoms with E-state index in [1.807, 2.05) is 19.1 Å². The number of hydrogen-bond acceptors (Lipinski definition) is 4. The van der Waals surface area contributed by atoms with Crippen LogP contribution in [0, 0.1) is 0 Å². The predicted octanol–water partition coefficient (Wildman–Crippen LogP) is 1.96. The fourth-order valence-corrected chi connectivity index (χ4v) is 2.21. The molecular weight excluding hydrogens is 447 g/mol. The summed E-state index contributed by atoms with van der Waals surface area (Å²) >= 11 is 0. The van der Waals surface area contributed by atoms with E-state index < -0.39 is 11.5 Å². The molecule has 0 aliphatic carbocycles. The van der Waals surface area contributed by atoms with Gasteiger partial charge in [0, 0.05) is 12.1 Å². The van der Waals surface area contributed by atoms with Crippen LogP contribution in [0.3, 0.4) is 0 Å². The van der Waals surface area contributed by atoms with E-state index in [1.54, 1.807) is 31.2 Å². The zero-order chi connectivity index (χ0) is 18.3. The molecule has 2 aromatic rings. The molecule has 8 heteroatoms. The molecule has 7 nitrogen and oxygen atoms in total. The first-order chi connectivity index (χ1) is 11.9. The van der Waals surface area contributed by atoms with Gasteiger partial charge in [-0.15, -0.1) is 24.0 Å². The topological polar surface area (TPSA) is 113 Å². The Labute approximate surface area is 170 Å². The number of guanidine groups is 1. The molecule has 26 heavy (non-hydrogen) atoms. The van der Waals surface area contributed by atoms with Gasteiger partial charge < -0.3 is 25.9 Å². The molecule has 2 rings (SSSR count). The number of aliphatic hydroxyl groups is 1. The van der Waals surface area contributed by atoms with Crippen molar-refractivity contribution in [3.63, 3.8) is 0 Å². The molecule has 0 aliphatic rings. The normalized spacial score (nSPS) is 13.4. The van der Waals surface area contributed by atoms with Crippen molar-refractivity contribution >= 4 is 35.8 Å². The Hall–Kier alpha value is -2.07. The predicted molar refractivity (Wildman–Crippen MR) is 111 cm³/mol. The van der Waals surface area contributed by atoms with Crippen molar-refractivity contribution in [1.82, 2.24) is 10.6 Å². The highest BCUT2D eigenvalue weighted by molar-refractivity contribution is 14.0. The number of rotatable bonds is 7. The van der Waals surface area contributed by atoms with E-state index >= 15 is 0 Å². The van der Waals surface area contributed by atoms with Gasteiger partial charge in [0.2, 0.25) is 5.91 Å². The Balaban J connectivity index is 0.00000338. The van der Waals surface area contributed by atoms with Crippen molar-refractivity contribution in [2.24, 2.45) is 10.7 Å². The summed E-state index contributed by atoms with van der Waals surface area (Å²) in [6.45, 7) is 4.99. The number of benzene rings is 1. The molecule has 0 spiro atoms. The van der Waals surface area contributed by atoms with Crippen LogP contribution in [0.1, 0.15) is 35.5 Å². The van der Waals surface area contributed by atoms with Crippen molar-refractivity contribution in [3.05, 3.63) is 59.5 Å². The van der Waals surface area contributed by atoms with Crippen molar-refractivity contribution in [3.8, 4) is 0 Å². The number of aliphatic imine (C=N–C) groups is 1. The standard InChI is InChI=1S/C18H24N4O3.HI/c1-3-20-17(22-12-18(2,24)15-5-4-10-25-15)21-11-13-6-8-14(9-7-13)16(19)23;/h4-10,24H,3,11-12H2,1-2H3,(H2,19,23)(H2,20,21,22);1H. The first kappa shape index (κ1) is 22.0. The lowest BCUT2D eigenvalue weighted by Gasteiger charge is -2.22. The van der Waals surface area contributed by atoms with Crippen molar-refractivity contribution in [2.45, 2.75) is 26.0 Å². The molecule has 0 bridgehead atoms. The molecule has 0 fully saturated rings. The molecule has 142 valence electrons. The Morgan fingerprint density at radius 2 is 1.96 bits per heavy atom. The smallest absolute Gasteiger partial charge is 0.248 e. The highest BCUT2D eigenvalue weighted by atomic mass is 127. The number of carbonyl (C=O) groups excluding carboxylic acids is 1. The van der Waals surface area contributed by atoms with E-state index in [4.69, 9.17) is 10.2 Å². The summed E-state index contributed by atoms with van der Waals surface area (Å²) in [5, 5.41) is 16.7. The third-order valence-corrected chi connectivity index (χ3v) is 3.65. The van der Waals surface area contributed by atoms with Gasteiger partial charge in [0.15, 0.2) is 5.96 Å². The zero-order valence-electron chi connectivity index (χ0n) is 14.9. The largest absolute Gasteiger partial charge is 0.466 e. The monoisotopic (exact) mass is 472 g/mol. The zero-order valence-corrected chi connectivity index (χ0v) is 17.2. The number of halogens is 1. The quantitative estimate of drug-likeness (QED) is 0.280. The van der Waals surface area contributed by atoms with Gasteiger partial charge in [0.25, 0.3) is 0 Å². The summed E-state index contributed by atoms with van der Waals surface area (Å²) in [4.78, 5) is 15.6. The highest BCUT2D eigenvalue weighted by Crippen LogP contribution is 2.19. The van der Waals surface area contributed by atoms with Gasteiger partial charge in [-0.3, -0.25) is 4.79 Å².